The SMILES string of the molecule is CCCC(F)(F)CCCSC(CC)C(=O)O. The van der Waals surface area contributed by atoms with Gasteiger partial charge in [-0.05, 0) is 18.6 Å². The van der Waals surface area contributed by atoms with E-state index in [1.165, 1.54) is 11.8 Å². The fourth-order valence-corrected chi connectivity index (χ4v) is 2.38. The van der Waals surface area contributed by atoms with E-state index in [9.17, 15) is 13.6 Å². The second-order valence-electron chi connectivity index (χ2n) is 3.82. The lowest BCUT2D eigenvalue weighted by atomic mass is 10.1. The molecule has 0 aliphatic carbocycles. The average Bonchev–Trinajstić information content (AvgIpc) is 2.17. The Hall–Kier alpha value is -0.320. The normalized spacial score (nSPS) is 13.8. The van der Waals surface area contributed by atoms with Crippen LogP contribution in [0.3, 0.4) is 0 Å². The highest BCUT2D eigenvalue weighted by atomic mass is 32.2. The van der Waals surface area contributed by atoms with Crippen LogP contribution in [-0.4, -0.2) is 28.0 Å². The summed E-state index contributed by atoms with van der Waals surface area (Å²) in [7, 11) is 0. The molecule has 5 heteroatoms. The zero-order valence-electron chi connectivity index (χ0n) is 9.84. The van der Waals surface area contributed by atoms with Crippen molar-refractivity contribution in [2.45, 2.75) is 57.1 Å². The quantitative estimate of drug-likeness (QED) is 0.636. The van der Waals surface area contributed by atoms with Crippen molar-refractivity contribution in [3.8, 4) is 0 Å². The minimum atomic E-state index is -2.58. The van der Waals surface area contributed by atoms with Crippen LogP contribution in [0, 0.1) is 0 Å². The van der Waals surface area contributed by atoms with Gasteiger partial charge in [0.1, 0.15) is 5.25 Å². The Kier molecular flexibility index (Phi) is 7.72. The highest BCUT2D eigenvalue weighted by molar-refractivity contribution is 8.00. The van der Waals surface area contributed by atoms with Crippen molar-refractivity contribution in [3.05, 3.63) is 0 Å². The number of rotatable bonds is 9. The lowest BCUT2D eigenvalue weighted by Crippen LogP contribution is -2.18. The number of hydrogen-bond acceptors (Lipinski definition) is 2. The van der Waals surface area contributed by atoms with Crippen LogP contribution in [-0.2, 0) is 4.79 Å². The van der Waals surface area contributed by atoms with Gasteiger partial charge in [-0.2, -0.15) is 0 Å². The zero-order valence-corrected chi connectivity index (χ0v) is 10.7. The molecule has 0 aliphatic heterocycles. The van der Waals surface area contributed by atoms with Crippen LogP contribution in [0.1, 0.15) is 46.0 Å². The summed E-state index contributed by atoms with van der Waals surface area (Å²) < 4.78 is 26.1. The van der Waals surface area contributed by atoms with Crippen LogP contribution in [0.2, 0.25) is 0 Å². The second-order valence-corrected chi connectivity index (χ2v) is 5.13. The molecule has 0 saturated heterocycles. The third kappa shape index (κ3) is 7.04. The van der Waals surface area contributed by atoms with E-state index in [4.69, 9.17) is 5.11 Å². The molecule has 0 spiro atoms. The molecular formula is C11H20F2O2S. The topological polar surface area (TPSA) is 37.3 Å². The van der Waals surface area contributed by atoms with Crippen molar-refractivity contribution in [3.63, 3.8) is 0 Å². The summed E-state index contributed by atoms with van der Waals surface area (Å²) in [5, 5.41) is 8.29. The van der Waals surface area contributed by atoms with Gasteiger partial charge in [-0.3, -0.25) is 4.79 Å². The first-order valence-electron chi connectivity index (χ1n) is 5.65. The number of aliphatic carboxylic acids is 1. The third-order valence-corrected chi connectivity index (χ3v) is 3.73. The number of carboxylic acid groups (broad SMARTS) is 1. The van der Waals surface area contributed by atoms with Crippen LogP contribution in [0.4, 0.5) is 8.78 Å². The monoisotopic (exact) mass is 254 g/mol. The van der Waals surface area contributed by atoms with Crippen molar-refractivity contribution < 1.29 is 18.7 Å². The van der Waals surface area contributed by atoms with Crippen molar-refractivity contribution in [1.29, 1.82) is 0 Å². The van der Waals surface area contributed by atoms with Gasteiger partial charge >= 0.3 is 5.97 Å². The summed E-state index contributed by atoms with van der Waals surface area (Å²) in [6.07, 6.45) is 1.18. The molecule has 0 bridgehead atoms. The maximum atomic E-state index is 13.1. The number of hydrogen-bond donors (Lipinski definition) is 1. The second kappa shape index (κ2) is 7.87. The molecule has 1 unspecified atom stereocenters. The smallest absolute Gasteiger partial charge is 0.316 e. The molecule has 0 fully saturated rings. The standard InChI is InChI=1S/C11H20F2O2S/c1-3-6-11(12,13)7-5-8-16-9(4-2)10(14)15/h9H,3-8H2,1-2H3,(H,14,15). The highest BCUT2D eigenvalue weighted by Crippen LogP contribution is 2.27. The first-order valence-corrected chi connectivity index (χ1v) is 6.70. The number of thioether (sulfide) groups is 1. The van der Waals surface area contributed by atoms with Gasteiger partial charge in [0.25, 0.3) is 0 Å². The minimum Gasteiger partial charge on any atom is -0.480 e. The van der Waals surface area contributed by atoms with Gasteiger partial charge in [-0.25, -0.2) is 8.78 Å². The van der Waals surface area contributed by atoms with Crippen LogP contribution < -0.4 is 0 Å². The molecule has 0 aromatic carbocycles. The van der Waals surface area contributed by atoms with Crippen molar-refractivity contribution >= 4 is 17.7 Å². The summed E-state index contributed by atoms with van der Waals surface area (Å²) in [5.41, 5.74) is 0. The lowest BCUT2D eigenvalue weighted by Gasteiger charge is -2.15. The van der Waals surface area contributed by atoms with E-state index >= 15 is 0 Å². The van der Waals surface area contributed by atoms with E-state index in [1.54, 1.807) is 13.8 Å². The van der Waals surface area contributed by atoms with E-state index in [1.807, 2.05) is 0 Å². The molecule has 1 N–H and O–H groups in total. The fourth-order valence-electron chi connectivity index (χ4n) is 1.41. The average molecular weight is 254 g/mol. The number of halogens is 2. The molecule has 1 atom stereocenters. The Balaban J connectivity index is 3.70. The van der Waals surface area contributed by atoms with Gasteiger partial charge in [0, 0.05) is 12.8 Å². The van der Waals surface area contributed by atoms with Crippen LogP contribution >= 0.6 is 11.8 Å². The van der Waals surface area contributed by atoms with Crippen molar-refractivity contribution in [2.24, 2.45) is 0 Å². The number of carboxylic acids is 1. The Bertz CT molecular complexity index is 210. The van der Waals surface area contributed by atoms with Crippen LogP contribution in [0.25, 0.3) is 0 Å². The summed E-state index contributed by atoms with van der Waals surface area (Å²) in [6.45, 7) is 3.53. The third-order valence-electron chi connectivity index (χ3n) is 2.27. The molecule has 96 valence electrons. The zero-order chi connectivity index (χ0) is 12.6. The Morgan fingerprint density at radius 2 is 2.00 bits per heavy atom. The van der Waals surface area contributed by atoms with E-state index in [0.717, 1.165) is 0 Å². The molecule has 0 heterocycles. The number of carbonyl (C=O) groups is 1. The summed E-state index contributed by atoms with van der Waals surface area (Å²) in [5.74, 6) is -2.95. The molecule has 0 saturated carbocycles. The first-order chi connectivity index (χ1) is 7.43. The molecule has 0 aromatic heterocycles. The van der Waals surface area contributed by atoms with Gasteiger partial charge < -0.3 is 5.11 Å². The van der Waals surface area contributed by atoms with E-state index in [-0.39, 0.29) is 12.8 Å². The summed E-state index contributed by atoms with van der Waals surface area (Å²) in [4.78, 5) is 10.7. The van der Waals surface area contributed by atoms with Gasteiger partial charge in [-0.1, -0.05) is 20.3 Å². The highest BCUT2D eigenvalue weighted by Gasteiger charge is 2.26. The maximum absolute atomic E-state index is 13.1. The van der Waals surface area contributed by atoms with E-state index < -0.39 is 17.1 Å². The molecule has 0 radical (unpaired) electrons. The molecule has 0 amide bonds. The molecule has 16 heavy (non-hydrogen) atoms. The Morgan fingerprint density at radius 3 is 2.44 bits per heavy atom. The van der Waals surface area contributed by atoms with Crippen LogP contribution in [0.15, 0.2) is 0 Å². The number of alkyl halides is 2. The lowest BCUT2D eigenvalue weighted by molar-refractivity contribution is -0.136. The molecule has 2 nitrogen and oxygen atoms in total. The van der Waals surface area contributed by atoms with E-state index in [0.29, 0.717) is 25.0 Å². The van der Waals surface area contributed by atoms with Crippen molar-refractivity contribution in [2.75, 3.05) is 5.75 Å². The Labute approximate surface area is 99.8 Å². The van der Waals surface area contributed by atoms with Crippen LogP contribution in [0.5, 0.6) is 0 Å². The first kappa shape index (κ1) is 15.7. The minimum absolute atomic E-state index is 0.0756. The maximum Gasteiger partial charge on any atom is 0.316 e. The molecular weight excluding hydrogens is 234 g/mol. The van der Waals surface area contributed by atoms with Gasteiger partial charge in [0.05, 0.1) is 0 Å². The summed E-state index contributed by atoms with van der Waals surface area (Å²) in [6, 6.07) is 0. The largest absolute Gasteiger partial charge is 0.480 e. The van der Waals surface area contributed by atoms with Gasteiger partial charge in [-0.15, -0.1) is 11.8 Å². The fraction of sp³-hybridized carbons (Fsp3) is 0.909. The predicted octanol–water partition coefficient (Wildman–Crippen LogP) is 3.80. The summed E-state index contributed by atoms with van der Waals surface area (Å²) >= 11 is 1.26. The van der Waals surface area contributed by atoms with E-state index in [2.05, 4.69) is 0 Å². The Morgan fingerprint density at radius 1 is 1.38 bits per heavy atom. The van der Waals surface area contributed by atoms with Gasteiger partial charge in [0.2, 0.25) is 5.92 Å². The van der Waals surface area contributed by atoms with Crippen molar-refractivity contribution in [1.82, 2.24) is 0 Å². The molecule has 0 aliphatic rings. The van der Waals surface area contributed by atoms with Gasteiger partial charge in [0.15, 0.2) is 0 Å². The predicted molar refractivity (Wildman–Crippen MR) is 63.3 cm³/mol. The molecule has 0 rings (SSSR count). The molecule has 0 aromatic rings.